The summed E-state index contributed by atoms with van der Waals surface area (Å²) in [6.45, 7) is 3.84. The molecule has 3 aromatic rings. The number of benzene rings is 2. The van der Waals surface area contributed by atoms with E-state index in [-0.39, 0.29) is 23.4 Å². The Hall–Kier alpha value is -3.68. The van der Waals surface area contributed by atoms with E-state index in [0.717, 1.165) is 11.1 Å². The molecule has 0 aliphatic carbocycles. The molecule has 1 atom stereocenters. The van der Waals surface area contributed by atoms with Gasteiger partial charge in [0.05, 0.1) is 23.8 Å². The summed E-state index contributed by atoms with van der Waals surface area (Å²) in [5, 5.41) is 17.9. The SMILES string of the molecule is COc1ccc(C)cc1Nc1ncnc(NC(C)c2ccccc2)c1[N+](=O)[O-]. The Morgan fingerprint density at radius 2 is 1.82 bits per heavy atom. The predicted octanol–water partition coefficient (Wildman–Crippen LogP) is 4.62. The summed E-state index contributed by atoms with van der Waals surface area (Å²) in [7, 11) is 1.54. The number of rotatable bonds is 7. The van der Waals surface area contributed by atoms with Crippen molar-refractivity contribution in [2.75, 3.05) is 17.7 Å². The number of ether oxygens (including phenoxy) is 1. The van der Waals surface area contributed by atoms with Gasteiger partial charge in [0.2, 0.25) is 11.6 Å². The van der Waals surface area contributed by atoms with Gasteiger partial charge in [-0.1, -0.05) is 36.4 Å². The smallest absolute Gasteiger partial charge is 0.353 e. The molecule has 144 valence electrons. The largest absolute Gasteiger partial charge is 0.495 e. The summed E-state index contributed by atoms with van der Waals surface area (Å²) in [5.74, 6) is 0.794. The molecule has 8 nitrogen and oxygen atoms in total. The fraction of sp³-hybridized carbons (Fsp3) is 0.200. The molecule has 1 unspecified atom stereocenters. The molecule has 0 saturated carbocycles. The van der Waals surface area contributed by atoms with Crippen molar-refractivity contribution in [1.29, 1.82) is 0 Å². The number of nitrogens with one attached hydrogen (secondary N) is 2. The molecule has 0 aliphatic rings. The zero-order valence-electron chi connectivity index (χ0n) is 15.8. The van der Waals surface area contributed by atoms with E-state index in [1.807, 2.05) is 56.3 Å². The van der Waals surface area contributed by atoms with E-state index in [9.17, 15) is 10.1 Å². The Morgan fingerprint density at radius 1 is 1.11 bits per heavy atom. The van der Waals surface area contributed by atoms with Gasteiger partial charge in [-0.25, -0.2) is 9.97 Å². The fourth-order valence-corrected chi connectivity index (χ4v) is 2.83. The van der Waals surface area contributed by atoms with Gasteiger partial charge in [0.15, 0.2) is 0 Å². The molecule has 0 bridgehead atoms. The number of hydrogen-bond acceptors (Lipinski definition) is 7. The van der Waals surface area contributed by atoms with Crippen LogP contribution in [0.4, 0.5) is 23.0 Å². The zero-order chi connectivity index (χ0) is 20.1. The number of aromatic nitrogens is 2. The maximum absolute atomic E-state index is 11.8. The topological polar surface area (TPSA) is 102 Å². The third kappa shape index (κ3) is 4.17. The van der Waals surface area contributed by atoms with Crippen molar-refractivity contribution in [3.63, 3.8) is 0 Å². The number of aryl methyl sites for hydroxylation is 1. The summed E-state index contributed by atoms with van der Waals surface area (Å²) in [4.78, 5) is 19.5. The maximum Gasteiger partial charge on any atom is 0.353 e. The molecule has 28 heavy (non-hydrogen) atoms. The molecule has 8 heteroatoms. The fourth-order valence-electron chi connectivity index (χ4n) is 2.83. The van der Waals surface area contributed by atoms with Crippen LogP contribution in [-0.4, -0.2) is 22.0 Å². The van der Waals surface area contributed by atoms with E-state index in [2.05, 4.69) is 20.6 Å². The lowest BCUT2D eigenvalue weighted by Crippen LogP contribution is -2.12. The molecule has 1 heterocycles. The van der Waals surface area contributed by atoms with E-state index < -0.39 is 4.92 Å². The van der Waals surface area contributed by atoms with Gasteiger partial charge in [0, 0.05) is 0 Å². The molecule has 0 radical (unpaired) electrons. The van der Waals surface area contributed by atoms with Crippen LogP contribution in [0.3, 0.4) is 0 Å². The molecule has 0 fully saturated rings. The van der Waals surface area contributed by atoms with Crippen LogP contribution < -0.4 is 15.4 Å². The average molecular weight is 379 g/mol. The zero-order valence-corrected chi connectivity index (χ0v) is 15.8. The number of anilines is 3. The number of methoxy groups -OCH3 is 1. The Balaban J connectivity index is 1.96. The van der Waals surface area contributed by atoms with Crippen LogP contribution in [0.25, 0.3) is 0 Å². The molecule has 1 aromatic heterocycles. The lowest BCUT2D eigenvalue weighted by molar-refractivity contribution is -0.383. The first-order valence-electron chi connectivity index (χ1n) is 8.72. The van der Waals surface area contributed by atoms with E-state index in [1.165, 1.54) is 6.33 Å². The second kappa shape index (κ2) is 8.34. The van der Waals surface area contributed by atoms with Gasteiger partial charge in [0.1, 0.15) is 12.1 Å². The molecular weight excluding hydrogens is 358 g/mol. The summed E-state index contributed by atoms with van der Waals surface area (Å²) in [5.41, 5.74) is 2.33. The summed E-state index contributed by atoms with van der Waals surface area (Å²) < 4.78 is 5.33. The highest BCUT2D eigenvalue weighted by Gasteiger charge is 2.25. The second-order valence-electron chi connectivity index (χ2n) is 6.28. The lowest BCUT2D eigenvalue weighted by Gasteiger charge is -2.16. The summed E-state index contributed by atoms with van der Waals surface area (Å²) in [6, 6.07) is 15.0. The number of nitro groups is 1. The van der Waals surface area contributed by atoms with Crippen molar-refractivity contribution in [3.8, 4) is 5.75 Å². The molecule has 0 saturated heterocycles. The van der Waals surface area contributed by atoms with Gasteiger partial charge >= 0.3 is 5.69 Å². The molecule has 0 aliphatic heterocycles. The first kappa shape index (κ1) is 19.1. The highest BCUT2D eigenvalue weighted by molar-refractivity contribution is 5.76. The standard InChI is InChI=1S/C20H21N5O3/c1-13-9-10-17(28-3)16(11-13)24-20-18(25(26)27)19(21-12-22-20)23-14(2)15-7-5-4-6-8-15/h4-12,14H,1-3H3,(H2,21,22,23,24). The van der Waals surface area contributed by atoms with Crippen LogP contribution in [0.1, 0.15) is 24.1 Å². The van der Waals surface area contributed by atoms with Crippen molar-refractivity contribution < 1.29 is 9.66 Å². The normalized spacial score (nSPS) is 11.5. The maximum atomic E-state index is 11.8. The molecule has 3 rings (SSSR count). The summed E-state index contributed by atoms with van der Waals surface area (Å²) in [6.07, 6.45) is 1.29. The van der Waals surface area contributed by atoms with Crippen LogP contribution in [-0.2, 0) is 0 Å². The van der Waals surface area contributed by atoms with Gasteiger partial charge in [-0.2, -0.15) is 0 Å². The monoisotopic (exact) mass is 379 g/mol. The highest BCUT2D eigenvalue weighted by atomic mass is 16.6. The quantitative estimate of drug-likeness (QED) is 0.456. The predicted molar refractivity (Wildman–Crippen MR) is 108 cm³/mol. The van der Waals surface area contributed by atoms with Crippen molar-refractivity contribution in [3.05, 3.63) is 76.1 Å². The van der Waals surface area contributed by atoms with Gasteiger partial charge in [0.25, 0.3) is 0 Å². The van der Waals surface area contributed by atoms with Crippen LogP contribution in [0, 0.1) is 17.0 Å². The summed E-state index contributed by atoms with van der Waals surface area (Å²) >= 11 is 0. The number of hydrogen-bond donors (Lipinski definition) is 2. The van der Waals surface area contributed by atoms with Gasteiger partial charge < -0.3 is 15.4 Å². The number of nitrogens with zero attached hydrogens (tertiary/aromatic N) is 3. The van der Waals surface area contributed by atoms with Crippen molar-refractivity contribution in [2.24, 2.45) is 0 Å². The van der Waals surface area contributed by atoms with Crippen LogP contribution in [0.15, 0.2) is 54.9 Å². The first-order valence-corrected chi connectivity index (χ1v) is 8.72. The third-order valence-corrected chi connectivity index (χ3v) is 4.27. The van der Waals surface area contributed by atoms with Crippen LogP contribution in [0.5, 0.6) is 5.75 Å². The van der Waals surface area contributed by atoms with Crippen LogP contribution >= 0.6 is 0 Å². The van der Waals surface area contributed by atoms with E-state index in [0.29, 0.717) is 11.4 Å². The molecule has 2 aromatic carbocycles. The Kier molecular flexibility index (Phi) is 5.69. The van der Waals surface area contributed by atoms with E-state index in [1.54, 1.807) is 13.2 Å². The minimum absolute atomic E-state index is 0.0895. The minimum atomic E-state index is -0.495. The second-order valence-corrected chi connectivity index (χ2v) is 6.28. The Bertz CT molecular complexity index is 979. The third-order valence-electron chi connectivity index (χ3n) is 4.27. The molecule has 0 amide bonds. The minimum Gasteiger partial charge on any atom is -0.495 e. The van der Waals surface area contributed by atoms with E-state index in [4.69, 9.17) is 4.74 Å². The molecular formula is C20H21N5O3. The Labute approximate surface area is 162 Å². The Morgan fingerprint density at radius 3 is 2.50 bits per heavy atom. The van der Waals surface area contributed by atoms with Crippen molar-refractivity contribution >= 4 is 23.0 Å². The first-order chi connectivity index (χ1) is 13.5. The van der Waals surface area contributed by atoms with Crippen LogP contribution in [0.2, 0.25) is 0 Å². The lowest BCUT2D eigenvalue weighted by atomic mass is 10.1. The van der Waals surface area contributed by atoms with Crippen molar-refractivity contribution in [2.45, 2.75) is 19.9 Å². The van der Waals surface area contributed by atoms with Crippen molar-refractivity contribution in [1.82, 2.24) is 9.97 Å². The van der Waals surface area contributed by atoms with Gasteiger partial charge in [-0.05, 0) is 37.1 Å². The highest BCUT2D eigenvalue weighted by Crippen LogP contribution is 2.35. The van der Waals surface area contributed by atoms with E-state index >= 15 is 0 Å². The molecule has 0 spiro atoms. The van der Waals surface area contributed by atoms with Gasteiger partial charge in [-0.15, -0.1) is 0 Å². The molecule has 2 N–H and O–H groups in total. The average Bonchev–Trinajstić information content (AvgIpc) is 2.69. The van der Waals surface area contributed by atoms with Gasteiger partial charge in [-0.3, -0.25) is 10.1 Å².